The maximum Gasteiger partial charge on any atom is 0.422 e. The second-order valence-electron chi connectivity index (χ2n) is 4.57. The molecular weight excluding hydrogens is 395 g/mol. The van der Waals surface area contributed by atoms with E-state index in [1.807, 2.05) is 0 Å². The van der Waals surface area contributed by atoms with Gasteiger partial charge in [-0.05, 0) is 12.1 Å². The number of methoxy groups -OCH3 is 2. The molecule has 2 rings (SSSR count). The molecule has 0 bridgehead atoms. The van der Waals surface area contributed by atoms with Crippen LogP contribution in [0.5, 0.6) is 17.5 Å². The molecule has 0 atom stereocenters. The van der Waals surface area contributed by atoms with Crippen LogP contribution in [0.1, 0.15) is 0 Å². The zero-order valence-corrected chi connectivity index (χ0v) is 14.9. The van der Waals surface area contributed by atoms with Gasteiger partial charge in [0.05, 0.1) is 20.3 Å². The Kier molecular flexibility index (Phi) is 7.54. The lowest BCUT2D eigenvalue weighted by Crippen LogP contribution is -2.21. The molecule has 0 aliphatic rings. The largest absolute Gasteiger partial charge is 0.481 e. The lowest BCUT2D eigenvalue weighted by molar-refractivity contribution is -0.153. The molecule has 2 heterocycles. The number of nitrogens with two attached hydrogens (primary N) is 2. The highest BCUT2D eigenvalue weighted by atomic mass is 32.2. The van der Waals surface area contributed by atoms with Crippen molar-refractivity contribution >= 4 is 16.0 Å². The number of aromatic nitrogens is 3. The number of rotatable bonds is 5. The van der Waals surface area contributed by atoms with Gasteiger partial charge in [-0.3, -0.25) is 0 Å². The molecule has 0 aromatic carbocycles. The van der Waals surface area contributed by atoms with E-state index in [9.17, 15) is 21.6 Å². The van der Waals surface area contributed by atoms with Crippen LogP contribution in [0.2, 0.25) is 0 Å². The zero-order valence-electron chi connectivity index (χ0n) is 14.1. The lowest BCUT2D eigenvalue weighted by Gasteiger charge is -2.10. The Bertz CT molecular complexity index is 841. The molecule has 2 aromatic heterocycles. The van der Waals surface area contributed by atoms with E-state index in [-0.39, 0.29) is 5.95 Å². The molecule has 0 saturated carbocycles. The highest BCUT2D eigenvalue weighted by Gasteiger charge is 2.29. The minimum Gasteiger partial charge on any atom is -0.481 e. The first-order valence-corrected chi connectivity index (χ1v) is 8.41. The van der Waals surface area contributed by atoms with Gasteiger partial charge in [0.2, 0.25) is 22.7 Å². The first-order chi connectivity index (χ1) is 12.5. The van der Waals surface area contributed by atoms with E-state index < -0.39 is 33.6 Å². The zero-order chi connectivity index (χ0) is 20.7. The summed E-state index contributed by atoms with van der Waals surface area (Å²) >= 11 is 0. The second kappa shape index (κ2) is 9.18. The van der Waals surface area contributed by atoms with Crippen molar-refractivity contribution in [2.45, 2.75) is 11.2 Å². The van der Waals surface area contributed by atoms with E-state index in [1.165, 1.54) is 20.3 Å². The van der Waals surface area contributed by atoms with Crippen molar-refractivity contribution in [2.75, 3.05) is 26.6 Å². The van der Waals surface area contributed by atoms with Gasteiger partial charge in [0.1, 0.15) is 0 Å². The fraction of sp³-hybridized carbons (Fsp3) is 0.308. The SMILES string of the molecule is COc1cc(OC)nc(N)n1.NS(=O)(=O)c1ncccc1OCC(F)(F)F. The number of primary sulfonamides is 1. The summed E-state index contributed by atoms with van der Waals surface area (Å²) < 4.78 is 71.3. The van der Waals surface area contributed by atoms with Gasteiger partial charge in [-0.15, -0.1) is 0 Å². The van der Waals surface area contributed by atoms with Crippen LogP contribution in [0, 0.1) is 0 Å². The standard InChI is InChI=1S/C7H7F3N2O3S.C6H9N3O2/c8-7(9,10)4-15-5-2-1-3-12-6(5)16(11,13)14;1-10-4-3-5(11-2)9-6(7)8-4/h1-3H,4H2,(H2,11,13,14);3H,1-2H3,(H2,7,8,9). The topological polar surface area (TPSA) is 153 Å². The van der Waals surface area contributed by atoms with Gasteiger partial charge in [0, 0.05) is 6.20 Å². The summed E-state index contributed by atoms with van der Waals surface area (Å²) in [7, 11) is -1.20. The number of hydrogen-bond donors (Lipinski definition) is 2. The number of anilines is 1. The summed E-state index contributed by atoms with van der Waals surface area (Å²) in [4.78, 5) is 10.9. The van der Waals surface area contributed by atoms with Crippen molar-refractivity contribution in [3.05, 3.63) is 24.4 Å². The van der Waals surface area contributed by atoms with Gasteiger partial charge in [-0.25, -0.2) is 18.5 Å². The predicted octanol–water partition coefficient (Wildman–Crippen LogP) is 0.746. The van der Waals surface area contributed by atoms with Gasteiger partial charge in [0.15, 0.2) is 12.4 Å². The van der Waals surface area contributed by atoms with Crippen molar-refractivity contribution in [3.63, 3.8) is 0 Å². The average Bonchev–Trinajstić information content (AvgIpc) is 2.58. The highest BCUT2D eigenvalue weighted by molar-refractivity contribution is 7.89. The number of halogens is 3. The summed E-state index contributed by atoms with van der Waals surface area (Å²) in [6.45, 7) is -1.61. The molecule has 2 aromatic rings. The maximum atomic E-state index is 11.8. The molecule has 0 saturated heterocycles. The Hall–Kier alpha value is -2.87. The Morgan fingerprint density at radius 1 is 1.15 bits per heavy atom. The highest BCUT2D eigenvalue weighted by Crippen LogP contribution is 2.22. The van der Waals surface area contributed by atoms with Crippen LogP contribution in [0.25, 0.3) is 0 Å². The number of nitrogen functional groups attached to an aromatic ring is 1. The number of ether oxygens (including phenoxy) is 3. The molecule has 10 nitrogen and oxygen atoms in total. The van der Waals surface area contributed by atoms with Gasteiger partial charge in [0.25, 0.3) is 10.0 Å². The number of pyridine rings is 1. The van der Waals surface area contributed by atoms with Crippen molar-refractivity contribution in [3.8, 4) is 17.5 Å². The first kappa shape index (κ1) is 22.2. The summed E-state index contributed by atoms with van der Waals surface area (Å²) in [6.07, 6.45) is -3.48. The van der Waals surface area contributed by atoms with Crippen LogP contribution in [0.15, 0.2) is 29.4 Å². The average molecular weight is 411 g/mol. The molecule has 0 amide bonds. The van der Waals surface area contributed by atoms with Crippen LogP contribution in [-0.4, -0.2) is 50.4 Å². The molecule has 0 fully saturated rings. The van der Waals surface area contributed by atoms with Gasteiger partial charge in [-0.1, -0.05) is 0 Å². The van der Waals surface area contributed by atoms with Crippen molar-refractivity contribution in [2.24, 2.45) is 5.14 Å². The number of hydrogen-bond acceptors (Lipinski definition) is 9. The predicted molar refractivity (Wildman–Crippen MR) is 86.7 cm³/mol. The number of nitrogens with zero attached hydrogens (tertiary/aromatic N) is 3. The van der Waals surface area contributed by atoms with E-state index in [0.29, 0.717) is 11.8 Å². The van der Waals surface area contributed by atoms with Gasteiger partial charge >= 0.3 is 6.18 Å². The summed E-state index contributed by atoms with van der Waals surface area (Å²) in [5.41, 5.74) is 5.33. The molecule has 0 spiro atoms. The third kappa shape index (κ3) is 7.91. The van der Waals surface area contributed by atoms with Gasteiger partial charge < -0.3 is 19.9 Å². The van der Waals surface area contributed by atoms with Crippen LogP contribution in [0.3, 0.4) is 0 Å². The molecule has 4 N–H and O–H groups in total. The fourth-order valence-corrected chi connectivity index (χ4v) is 2.10. The molecule has 0 radical (unpaired) electrons. The summed E-state index contributed by atoms with van der Waals surface area (Å²) in [6, 6.07) is 3.83. The molecule has 27 heavy (non-hydrogen) atoms. The summed E-state index contributed by atoms with van der Waals surface area (Å²) in [5.74, 6) is 0.409. The molecular formula is C13H16F3N5O5S. The number of alkyl halides is 3. The van der Waals surface area contributed by atoms with E-state index in [0.717, 1.165) is 12.3 Å². The number of sulfonamides is 1. The smallest absolute Gasteiger partial charge is 0.422 e. The second-order valence-corrected chi connectivity index (χ2v) is 6.04. The van der Waals surface area contributed by atoms with E-state index in [1.54, 1.807) is 6.07 Å². The Morgan fingerprint density at radius 3 is 2.15 bits per heavy atom. The third-order valence-electron chi connectivity index (χ3n) is 2.51. The normalized spacial score (nSPS) is 11.2. The molecule has 0 aliphatic carbocycles. The van der Waals surface area contributed by atoms with Crippen LogP contribution >= 0.6 is 0 Å². The molecule has 150 valence electrons. The van der Waals surface area contributed by atoms with E-state index in [4.69, 9.17) is 20.3 Å². The molecule has 0 aliphatic heterocycles. The van der Waals surface area contributed by atoms with Crippen molar-refractivity contribution in [1.29, 1.82) is 0 Å². The summed E-state index contributed by atoms with van der Waals surface area (Å²) in [5, 5.41) is 4.02. The van der Waals surface area contributed by atoms with Crippen molar-refractivity contribution < 1.29 is 35.8 Å². The van der Waals surface area contributed by atoms with Gasteiger partial charge in [-0.2, -0.15) is 23.1 Å². The minimum atomic E-state index is -4.56. The third-order valence-corrected chi connectivity index (χ3v) is 3.36. The van der Waals surface area contributed by atoms with Crippen LogP contribution in [-0.2, 0) is 10.0 Å². The maximum absolute atomic E-state index is 11.8. The van der Waals surface area contributed by atoms with E-state index >= 15 is 0 Å². The fourth-order valence-electron chi connectivity index (χ4n) is 1.49. The van der Waals surface area contributed by atoms with E-state index in [2.05, 4.69) is 19.7 Å². The van der Waals surface area contributed by atoms with Crippen LogP contribution in [0.4, 0.5) is 19.1 Å². The Labute approximate surface area is 152 Å². The van der Waals surface area contributed by atoms with Crippen LogP contribution < -0.4 is 25.1 Å². The minimum absolute atomic E-state index is 0.140. The Balaban J connectivity index is 0.000000289. The molecule has 0 unspecified atom stereocenters. The Morgan fingerprint density at radius 2 is 1.70 bits per heavy atom. The first-order valence-electron chi connectivity index (χ1n) is 6.86. The monoisotopic (exact) mass is 411 g/mol. The quantitative estimate of drug-likeness (QED) is 0.725. The lowest BCUT2D eigenvalue weighted by atomic mass is 10.4. The van der Waals surface area contributed by atoms with Crippen molar-refractivity contribution in [1.82, 2.24) is 15.0 Å². The molecule has 14 heteroatoms.